The molecule has 0 aliphatic carbocycles. The summed E-state index contributed by atoms with van der Waals surface area (Å²) in [5, 5.41) is 16.5. The highest BCUT2D eigenvalue weighted by Crippen LogP contribution is 2.27. The lowest BCUT2D eigenvalue weighted by Crippen LogP contribution is -2.17. The molecule has 0 spiro atoms. The summed E-state index contributed by atoms with van der Waals surface area (Å²) in [6.45, 7) is 1.93. The first-order valence-corrected chi connectivity index (χ1v) is 10.3. The number of esters is 1. The van der Waals surface area contributed by atoms with Gasteiger partial charge in [0.25, 0.3) is 11.6 Å². The molecule has 34 heavy (non-hydrogen) atoms. The number of nitro benzene ring substituents is 1. The molecule has 0 aliphatic rings. The van der Waals surface area contributed by atoms with Crippen molar-refractivity contribution in [3.63, 3.8) is 0 Å². The number of hydrogen-bond donors (Lipinski definition) is 1. The lowest BCUT2D eigenvalue weighted by molar-refractivity contribution is -0.384. The Hall–Kier alpha value is -4.85. The van der Waals surface area contributed by atoms with E-state index in [-0.39, 0.29) is 17.0 Å². The first-order chi connectivity index (χ1) is 16.4. The van der Waals surface area contributed by atoms with Gasteiger partial charge in [-0.15, -0.1) is 0 Å². The van der Waals surface area contributed by atoms with Gasteiger partial charge in [0.15, 0.2) is 0 Å². The number of fused-ring (bicyclic) bond motifs is 1. The number of amides is 1. The fourth-order valence-electron chi connectivity index (χ4n) is 3.30. The Morgan fingerprint density at radius 2 is 1.59 bits per heavy atom. The molecule has 8 nitrogen and oxygen atoms in total. The number of ether oxygens (including phenoxy) is 1. The summed E-state index contributed by atoms with van der Waals surface area (Å²) < 4.78 is 5.65. The van der Waals surface area contributed by atoms with Crippen molar-refractivity contribution in [1.82, 2.24) is 5.43 Å². The lowest BCUT2D eigenvalue weighted by atomic mass is 10.0. The van der Waals surface area contributed by atoms with Crippen LogP contribution in [0.4, 0.5) is 5.69 Å². The number of nitrogens with zero attached hydrogens (tertiary/aromatic N) is 2. The van der Waals surface area contributed by atoms with E-state index in [0.717, 1.165) is 16.3 Å². The number of benzene rings is 4. The van der Waals surface area contributed by atoms with Gasteiger partial charge in [0.2, 0.25) is 0 Å². The van der Waals surface area contributed by atoms with E-state index in [1.807, 2.05) is 49.4 Å². The lowest BCUT2D eigenvalue weighted by Gasteiger charge is -2.11. The first kappa shape index (κ1) is 22.3. The van der Waals surface area contributed by atoms with Crippen LogP contribution in [0.1, 0.15) is 31.8 Å². The van der Waals surface area contributed by atoms with Gasteiger partial charge in [-0.05, 0) is 48.0 Å². The number of carbonyl (C=O) groups is 2. The summed E-state index contributed by atoms with van der Waals surface area (Å²) >= 11 is 0. The van der Waals surface area contributed by atoms with Gasteiger partial charge in [-0.1, -0.05) is 48.0 Å². The minimum atomic E-state index is -0.542. The van der Waals surface area contributed by atoms with Crippen LogP contribution in [0.3, 0.4) is 0 Å². The molecule has 8 heteroatoms. The van der Waals surface area contributed by atoms with E-state index in [9.17, 15) is 19.7 Å². The van der Waals surface area contributed by atoms with Gasteiger partial charge in [0, 0.05) is 23.3 Å². The van der Waals surface area contributed by atoms with E-state index in [1.165, 1.54) is 30.5 Å². The Morgan fingerprint density at radius 1 is 0.912 bits per heavy atom. The predicted molar refractivity (Wildman–Crippen MR) is 128 cm³/mol. The van der Waals surface area contributed by atoms with Crippen molar-refractivity contribution in [3.05, 3.63) is 117 Å². The Balaban J connectivity index is 1.59. The van der Waals surface area contributed by atoms with Gasteiger partial charge in [0.1, 0.15) is 5.75 Å². The number of non-ortho nitro benzene ring substituents is 1. The van der Waals surface area contributed by atoms with E-state index < -0.39 is 16.8 Å². The van der Waals surface area contributed by atoms with Crippen LogP contribution in [0.15, 0.2) is 90.0 Å². The second-order valence-electron chi connectivity index (χ2n) is 7.46. The van der Waals surface area contributed by atoms with Crippen LogP contribution >= 0.6 is 0 Å². The highest BCUT2D eigenvalue weighted by molar-refractivity contribution is 6.04. The van der Waals surface area contributed by atoms with Crippen LogP contribution in [0.25, 0.3) is 10.8 Å². The van der Waals surface area contributed by atoms with Crippen molar-refractivity contribution in [2.75, 3.05) is 0 Å². The maximum absolute atomic E-state index is 12.7. The smallest absolute Gasteiger partial charge is 0.343 e. The van der Waals surface area contributed by atoms with Crippen molar-refractivity contribution in [1.29, 1.82) is 0 Å². The summed E-state index contributed by atoms with van der Waals surface area (Å²) in [5.41, 5.74) is 4.45. The van der Waals surface area contributed by atoms with Gasteiger partial charge in [0.05, 0.1) is 16.7 Å². The maximum Gasteiger partial charge on any atom is 0.343 e. The monoisotopic (exact) mass is 453 g/mol. The van der Waals surface area contributed by atoms with Crippen LogP contribution in [-0.4, -0.2) is 23.0 Å². The average molecular weight is 453 g/mol. The summed E-state index contributed by atoms with van der Waals surface area (Å²) in [5.74, 6) is -0.762. The number of carbonyl (C=O) groups excluding carboxylic acids is 2. The van der Waals surface area contributed by atoms with Crippen LogP contribution in [-0.2, 0) is 0 Å². The van der Waals surface area contributed by atoms with Gasteiger partial charge in [-0.25, -0.2) is 10.2 Å². The van der Waals surface area contributed by atoms with Gasteiger partial charge in [-0.2, -0.15) is 5.10 Å². The molecule has 1 amide bonds. The second kappa shape index (κ2) is 9.74. The van der Waals surface area contributed by atoms with Crippen LogP contribution in [0, 0.1) is 17.0 Å². The highest BCUT2D eigenvalue weighted by atomic mass is 16.6. The predicted octanol–water partition coefficient (Wildman–Crippen LogP) is 5.04. The quantitative estimate of drug-likeness (QED) is 0.145. The Bertz CT molecular complexity index is 1410. The zero-order chi connectivity index (χ0) is 24.1. The average Bonchev–Trinajstić information content (AvgIpc) is 2.85. The molecule has 0 fully saturated rings. The van der Waals surface area contributed by atoms with Crippen LogP contribution in [0.5, 0.6) is 5.75 Å². The molecule has 1 N–H and O–H groups in total. The molecule has 0 atom stereocenters. The molecule has 0 saturated carbocycles. The molecule has 4 aromatic rings. The third kappa shape index (κ3) is 4.97. The molecule has 0 saturated heterocycles. The third-order valence-electron chi connectivity index (χ3n) is 5.12. The zero-order valence-electron chi connectivity index (χ0n) is 18.1. The standard InChI is InChI=1S/C26H19N3O5/c1-17-6-8-20(9-7-17)26(31)34-24-15-12-18-4-2-3-5-22(18)23(24)16-27-28-25(30)19-10-13-21(14-11-19)29(32)33/h2-16H,1H3,(H,28,30). The molecule has 0 heterocycles. The molecule has 0 bridgehead atoms. The molecule has 168 valence electrons. The van der Waals surface area contributed by atoms with Crippen LogP contribution in [0.2, 0.25) is 0 Å². The number of nitrogens with one attached hydrogen (secondary N) is 1. The Morgan fingerprint density at radius 3 is 2.29 bits per heavy atom. The van der Waals surface area contributed by atoms with Crippen molar-refractivity contribution >= 4 is 34.6 Å². The largest absolute Gasteiger partial charge is 0.422 e. The van der Waals surface area contributed by atoms with Crippen LogP contribution < -0.4 is 10.2 Å². The van der Waals surface area contributed by atoms with E-state index in [1.54, 1.807) is 18.2 Å². The van der Waals surface area contributed by atoms with Gasteiger partial charge >= 0.3 is 5.97 Å². The van der Waals surface area contributed by atoms with E-state index in [2.05, 4.69) is 10.5 Å². The maximum atomic E-state index is 12.7. The molecule has 4 rings (SSSR count). The minimum absolute atomic E-state index is 0.115. The molecule has 4 aromatic carbocycles. The van der Waals surface area contributed by atoms with E-state index in [0.29, 0.717) is 11.1 Å². The molecule has 0 aromatic heterocycles. The third-order valence-corrected chi connectivity index (χ3v) is 5.12. The van der Waals surface area contributed by atoms with Crippen molar-refractivity contribution in [3.8, 4) is 5.75 Å². The topological polar surface area (TPSA) is 111 Å². The SMILES string of the molecule is Cc1ccc(C(=O)Oc2ccc3ccccc3c2C=NNC(=O)c2ccc([N+](=O)[O-])cc2)cc1. The van der Waals surface area contributed by atoms with Crippen molar-refractivity contribution < 1.29 is 19.2 Å². The summed E-state index contributed by atoms with van der Waals surface area (Å²) in [6, 6.07) is 23.2. The molecule has 0 radical (unpaired) electrons. The summed E-state index contributed by atoms with van der Waals surface area (Å²) in [7, 11) is 0. The second-order valence-corrected chi connectivity index (χ2v) is 7.46. The Kier molecular flexibility index (Phi) is 6.40. The highest BCUT2D eigenvalue weighted by Gasteiger charge is 2.14. The van der Waals surface area contributed by atoms with Gasteiger partial charge < -0.3 is 4.74 Å². The molecular weight excluding hydrogens is 434 g/mol. The summed E-state index contributed by atoms with van der Waals surface area (Å²) in [6.07, 6.45) is 1.41. The van der Waals surface area contributed by atoms with E-state index >= 15 is 0 Å². The number of rotatable bonds is 6. The fraction of sp³-hybridized carbons (Fsp3) is 0.0385. The normalized spacial score (nSPS) is 10.9. The number of nitro groups is 1. The fourth-order valence-corrected chi connectivity index (χ4v) is 3.30. The summed E-state index contributed by atoms with van der Waals surface area (Å²) in [4.78, 5) is 35.3. The molecule has 0 unspecified atom stereocenters. The number of aryl methyl sites for hydroxylation is 1. The van der Waals surface area contributed by atoms with Crippen molar-refractivity contribution in [2.45, 2.75) is 6.92 Å². The van der Waals surface area contributed by atoms with E-state index in [4.69, 9.17) is 4.74 Å². The van der Waals surface area contributed by atoms with Gasteiger partial charge in [-0.3, -0.25) is 14.9 Å². The molecule has 0 aliphatic heterocycles. The number of hydrazone groups is 1. The number of hydrogen-bond acceptors (Lipinski definition) is 6. The molecular formula is C26H19N3O5. The zero-order valence-corrected chi connectivity index (χ0v) is 18.1. The minimum Gasteiger partial charge on any atom is -0.422 e. The first-order valence-electron chi connectivity index (χ1n) is 10.3. The van der Waals surface area contributed by atoms with Crippen molar-refractivity contribution in [2.24, 2.45) is 5.10 Å². The Labute approximate surface area is 194 Å².